The summed E-state index contributed by atoms with van der Waals surface area (Å²) >= 11 is 3.57. The van der Waals surface area contributed by atoms with Gasteiger partial charge in [-0.2, -0.15) is 0 Å². The number of hydrogen-bond acceptors (Lipinski definition) is 4. The van der Waals surface area contributed by atoms with E-state index < -0.39 is 0 Å². The summed E-state index contributed by atoms with van der Waals surface area (Å²) in [4.78, 5) is 14.3. The maximum Gasteiger partial charge on any atom is 0.222 e. The first-order valence-corrected chi connectivity index (χ1v) is 8.99. The van der Waals surface area contributed by atoms with Crippen LogP contribution in [0.3, 0.4) is 0 Å². The second kappa shape index (κ2) is 8.32. The van der Waals surface area contributed by atoms with Crippen molar-refractivity contribution in [1.29, 1.82) is 0 Å². The topological polar surface area (TPSA) is 41.1 Å². The van der Waals surface area contributed by atoms with Crippen molar-refractivity contribution >= 4 is 28.6 Å². The third-order valence-electron chi connectivity index (χ3n) is 3.21. The van der Waals surface area contributed by atoms with Gasteiger partial charge in [-0.1, -0.05) is 26.0 Å². The lowest BCUT2D eigenvalue weighted by Crippen LogP contribution is -2.35. The molecule has 2 heterocycles. The summed E-state index contributed by atoms with van der Waals surface area (Å²) in [5.41, 5.74) is 0. The Balaban J connectivity index is 1.84. The molecule has 1 unspecified atom stereocenters. The van der Waals surface area contributed by atoms with Crippen LogP contribution in [0.25, 0.3) is 0 Å². The van der Waals surface area contributed by atoms with Crippen LogP contribution in [-0.4, -0.2) is 19.0 Å². The minimum atomic E-state index is 0.0456. The minimum Gasteiger partial charge on any atom is -0.355 e. The molecule has 0 radical (unpaired) electrons. The molecule has 0 aliphatic carbocycles. The third-order valence-corrected chi connectivity index (χ3v) is 5.10. The number of nitrogens with one attached hydrogen (secondary N) is 2. The van der Waals surface area contributed by atoms with Crippen LogP contribution in [0.4, 0.5) is 0 Å². The van der Waals surface area contributed by atoms with Gasteiger partial charge in [0.2, 0.25) is 5.91 Å². The predicted molar refractivity (Wildman–Crippen MR) is 90.9 cm³/mol. The van der Waals surface area contributed by atoms with Gasteiger partial charge in [0.1, 0.15) is 0 Å². The third kappa shape index (κ3) is 5.26. The Kier molecular flexibility index (Phi) is 6.42. The summed E-state index contributed by atoms with van der Waals surface area (Å²) in [6.45, 7) is 5.28. The highest BCUT2D eigenvalue weighted by Gasteiger charge is 2.13. The number of carbonyl (C=O) groups is 1. The number of amides is 1. The smallest absolute Gasteiger partial charge is 0.222 e. The van der Waals surface area contributed by atoms with Crippen molar-refractivity contribution in [2.24, 2.45) is 5.92 Å². The predicted octanol–water partition coefficient (Wildman–Crippen LogP) is 3.46. The molecule has 114 valence electrons. The molecule has 0 aliphatic heterocycles. The largest absolute Gasteiger partial charge is 0.355 e. The van der Waals surface area contributed by atoms with Crippen LogP contribution in [0.1, 0.15) is 29.6 Å². The van der Waals surface area contributed by atoms with Gasteiger partial charge in [-0.25, -0.2) is 0 Å². The van der Waals surface area contributed by atoms with Gasteiger partial charge in [-0.3, -0.25) is 4.79 Å². The van der Waals surface area contributed by atoms with Gasteiger partial charge in [0, 0.05) is 41.2 Å². The number of thiophene rings is 2. The van der Waals surface area contributed by atoms with Gasteiger partial charge in [0.25, 0.3) is 0 Å². The Labute approximate surface area is 134 Å². The first-order valence-electron chi connectivity index (χ1n) is 7.23. The molecule has 2 aromatic heterocycles. The Morgan fingerprint density at radius 1 is 1.14 bits per heavy atom. The van der Waals surface area contributed by atoms with Crippen LogP contribution in [0.5, 0.6) is 0 Å². The summed E-state index contributed by atoms with van der Waals surface area (Å²) in [5.74, 6) is 0.159. The molecule has 21 heavy (non-hydrogen) atoms. The standard InChI is InChI=1S/C16H22N2OS2/c1-12(2)16(19)18-8-7-17-14(15-6-4-10-21-15)11-13-5-3-9-20-13/h3-6,9-10,12,14,17H,7-8,11H2,1-2H3,(H,18,19). The van der Waals surface area contributed by atoms with Crippen LogP contribution < -0.4 is 10.6 Å². The molecule has 0 saturated heterocycles. The second-order valence-electron chi connectivity index (χ2n) is 5.25. The molecule has 0 saturated carbocycles. The number of hydrogen-bond donors (Lipinski definition) is 2. The fourth-order valence-electron chi connectivity index (χ4n) is 2.03. The van der Waals surface area contributed by atoms with E-state index in [0.717, 1.165) is 13.0 Å². The van der Waals surface area contributed by atoms with E-state index in [0.29, 0.717) is 12.6 Å². The monoisotopic (exact) mass is 322 g/mol. The first-order chi connectivity index (χ1) is 10.2. The van der Waals surface area contributed by atoms with E-state index in [1.165, 1.54) is 9.75 Å². The molecule has 0 fully saturated rings. The summed E-state index contributed by atoms with van der Waals surface area (Å²) in [5, 5.41) is 10.7. The van der Waals surface area contributed by atoms with Crippen LogP contribution in [0, 0.1) is 5.92 Å². The van der Waals surface area contributed by atoms with Crippen LogP contribution >= 0.6 is 22.7 Å². The molecule has 0 aliphatic rings. The first kappa shape index (κ1) is 16.2. The van der Waals surface area contributed by atoms with Gasteiger partial charge < -0.3 is 10.6 Å². The van der Waals surface area contributed by atoms with Crippen molar-refractivity contribution in [3.05, 3.63) is 44.8 Å². The average Bonchev–Trinajstić information content (AvgIpc) is 3.14. The summed E-state index contributed by atoms with van der Waals surface area (Å²) < 4.78 is 0. The van der Waals surface area contributed by atoms with Gasteiger partial charge in [-0.05, 0) is 22.9 Å². The van der Waals surface area contributed by atoms with E-state index in [-0.39, 0.29) is 11.8 Å². The fraction of sp³-hybridized carbons (Fsp3) is 0.438. The lowest BCUT2D eigenvalue weighted by molar-refractivity contribution is -0.123. The molecular formula is C16H22N2OS2. The summed E-state index contributed by atoms with van der Waals surface area (Å²) in [7, 11) is 0. The Bertz CT molecular complexity index is 520. The molecule has 2 rings (SSSR count). The Morgan fingerprint density at radius 2 is 1.90 bits per heavy atom. The average molecular weight is 322 g/mol. The van der Waals surface area contributed by atoms with Gasteiger partial charge in [0.15, 0.2) is 0 Å². The van der Waals surface area contributed by atoms with E-state index in [1.54, 1.807) is 22.7 Å². The molecule has 2 N–H and O–H groups in total. The lowest BCUT2D eigenvalue weighted by atomic mass is 10.1. The highest BCUT2D eigenvalue weighted by atomic mass is 32.1. The number of rotatable bonds is 8. The molecule has 1 amide bonds. The molecular weight excluding hydrogens is 300 g/mol. The Morgan fingerprint density at radius 3 is 2.52 bits per heavy atom. The fourth-order valence-corrected chi connectivity index (χ4v) is 3.58. The van der Waals surface area contributed by atoms with Gasteiger partial charge >= 0.3 is 0 Å². The molecule has 2 aromatic rings. The van der Waals surface area contributed by atoms with Gasteiger partial charge in [0.05, 0.1) is 0 Å². The van der Waals surface area contributed by atoms with E-state index in [9.17, 15) is 4.79 Å². The van der Waals surface area contributed by atoms with Crippen molar-refractivity contribution in [3.8, 4) is 0 Å². The molecule has 5 heteroatoms. The van der Waals surface area contributed by atoms with E-state index in [1.807, 2.05) is 13.8 Å². The highest BCUT2D eigenvalue weighted by molar-refractivity contribution is 7.10. The summed E-state index contributed by atoms with van der Waals surface area (Å²) in [6.07, 6.45) is 0.996. The Hall–Kier alpha value is -1.17. The maximum absolute atomic E-state index is 11.5. The molecule has 1 atom stereocenters. The summed E-state index contributed by atoms with van der Waals surface area (Å²) in [6, 6.07) is 8.84. The molecule has 0 bridgehead atoms. The van der Waals surface area contributed by atoms with Crippen LogP contribution in [-0.2, 0) is 11.2 Å². The zero-order chi connectivity index (χ0) is 15.1. The van der Waals surface area contributed by atoms with E-state index >= 15 is 0 Å². The normalized spacial score (nSPS) is 12.5. The van der Waals surface area contributed by atoms with Crippen molar-refractivity contribution < 1.29 is 4.79 Å². The molecule has 0 spiro atoms. The molecule has 0 aromatic carbocycles. The van der Waals surface area contributed by atoms with Crippen LogP contribution in [0.2, 0.25) is 0 Å². The van der Waals surface area contributed by atoms with Gasteiger partial charge in [-0.15, -0.1) is 22.7 Å². The lowest BCUT2D eigenvalue weighted by Gasteiger charge is -2.17. The quantitative estimate of drug-likeness (QED) is 0.731. The van der Waals surface area contributed by atoms with E-state index in [4.69, 9.17) is 0 Å². The SMILES string of the molecule is CC(C)C(=O)NCCNC(Cc1cccs1)c1cccs1. The van der Waals surface area contributed by atoms with Crippen molar-refractivity contribution in [2.45, 2.75) is 26.3 Å². The number of carbonyl (C=O) groups excluding carboxylic acids is 1. The van der Waals surface area contributed by atoms with Crippen LogP contribution in [0.15, 0.2) is 35.0 Å². The molecule has 3 nitrogen and oxygen atoms in total. The second-order valence-corrected chi connectivity index (χ2v) is 7.26. The zero-order valence-electron chi connectivity index (χ0n) is 12.5. The highest BCUT2D eigenvalue weighted by Crippen LogP contribution is 2.24. The van der Waals surface area contributed by atoms with E-state index in [2.05, 4.69) is 45.7 Å². The minimum absolute atomic E-state index is 0.0456. The van der Waals surface area contributed by atoms with Crippen molar-refractivity contribution in [3.63, 3.8) is 0 Å². The zero-order valence-corrected chi connectivity index (χ0v) is 14.1. The van der Waals surface area contributed by atoms with Crippen molar-refractivity contribution in [2.75, 3.05) is 13.1 Å². The van der Waals surface area contributed by atoms with Crippen molar-refractivity contribution in [1.82, 2.24) is 10.6 Å². The maximum atomic E-state index is 11.5.